The zero-order chi connectivity index (χ0) is 22.0. The zero-order valence-electron chi connectivity index (χ0n) is 17.9. The summed E-state index contributed by atoms with van der Waals surface area (Å²) in [6, 6.07) is 8.12. The largest absolute Gasteiger partial charge is 0.459 e. The number of thioether (sulfide) groups is 1. The van der Waals surface area contributed by atoms with Crippen LogP contribution < -0.4 is 5.32 Å². The van der Waals surface area contributed by atoms with Crippen molar-refractivity contribution in [3.05, 3.63) is 46.0 Å². The van der Waals surface area contributed by atoms with Crippen molar-refractivity contribution in [2.24, 2.45) is 0 Å². The van der Waals surface area contributed by atoms with Gasteiger partial charge < -0.3 is 10.1 Å². The quantitative estimate of drug-likeness (QED) is 0.411. The van der Waals surface area contributed by atoms with Crippen LogP contribution in [0.25, 0.3) is 10.9 Å². The standard InChI is InChI=1S/C22H25N3O3S2/c1-11(2)28-21(27)19-14(5)23-22(30-19)25-20(26)15(6)29-17-10-13(4)16-9-7-8-12(3)18(16)24-17/h7-11,15H,1-6H3,(H,23,25,26). The highest BCUT2D eigenvalue weighted by Gasteiger charge is 2.21. The number of benzene rings is 1. The van der Waals surface area contributed by atoms with Crippen LogP contribution in [0.1, 0.15) is 47.3 Å². The molecule has 0 radical (unpaired) electrons. The van der Waals surface area contributed by atoms with E-state index in [2.05, 4.69) is 16.4 Å². The van der Waals surface area contributed by atoms with Gasteiger partial charge >= 0.3 is 5.97 Å². The predicted octanol–water partition coefficient (Wildman–Crippen LogP) is 5.30. The molecule has 1 atom stereocenters. The number of hydrogen-bond donors (Lipinski definition) is 1. The molecular weight excluding hydrogens is 418 g/mol. The molecule has 1 amide bonds. The minimum atomic E-state index is -0.422. The lowest BCUT2D eigenvalue weighted by molar-refractivity contribution is -0.115. The second kappa shape index (κ2) is 9.14. The summed E-state index contributed by atoms with van der Waals surface area (Å²) in [5.41, 5.74) is 3.73. The fraction of sp³-hybridized carbons (Fsp3) is 0.364. The molecule has 0 saturated heterocycles. The first kappa shape index (κ1) is 22.2. The van der Waals surface area contributed by atoms with E-state index >= 15 is 0 Å². The fourth-order valence-corrected chi connectivity index (χ4v) is 4.71. The van der Waals surface area contributed by atoms with Gasteiger partial charge in [-0.05, 0) is 58.7 Å². The first-order valence-electron chi connectivity index (χ1n) is 9.68. The zero-order valence-corrected chi connectivity index (χ0v) is 19.5. The molecule has 0 bridgehead atoms. The van der Waals surface area contributed by atoms with Gasteiger partial charge in [-0.15, -0.1) is 0 Å². The van der Waals surface area contributed by atoms with E-state index in [0.29, 0.717) is 15.7 Å². The number of fused-ring (bicyclic) bond motifs is 1. The van der Waals surface area contributed by atoms with E-state index in [1.165, 1.54) is 11.8 Å². The number of rotatable bonds is 6. The lowest BCUT2D eigenvalue weighted by Gasteiger charge is -2.12. The molecule has 1 N–H and O–H groups in total. The molecule has 30 heavy (non-hydrogen) atoms. The number of carbonyl (C=O) groups excluding carboxylic acids is 2. The Morgan fingerprint density at radius 2 is 1.83 bits per heavy atom. The van der Waals surface area contributed by atoms with Crippen molar-refractivity contribution >= 4 is 51.0 Å². The number of esters is 1. The Morgan fingerprint density at radius 1 is 1.10 bits per heavy atom. The molecule has 1 aromatic carbocycles. The molecule has 0 fully saturated rings. The van der Waals surface area contributed by atoms with Crippen molar-refractivity contribution in [2.75, 3.05) is 5.32 Å². The Morgan fingerprint density at radius 3 is 2.53 bits per heavy atom. The number of thiazole rings is 1. The summed E-state index contributed by atoms with van der Waals surface area (Å²) in [7, 11) is 0. The lowest BCUT2D eigenvalue weighted by atomic mass is 10.1. The molecule has 0 aliphatic carbocycles. The topological polar surface area (TPSA) is 81.2 Å². The number of para-hydroxylation sites is 1. The maximum atomic E-state index is 12.7. The molecule has 2 aromatic heterocycles. The highest BCUT2D eigenvalue weighted by Crippen LogP contribution is 2.29. The molecule has 8 heteroatoms. The smallest absolute Gasteiger partial charge is 0.350 e. The molecule has 3 rings (SSSR count). The van der Waals surface area contributed by atoms with Crippen LogP contribution >= 0.6 is 23.1 Å². The Labute approximate surface area is 184 Å². The van der Waals surface area contributed by atoms with Gasteiger partial charge in [0.25, 0.3) is 0 Å². The van der Waals surface area contributed by atoms with Gasteiger partial charge in [0.05, 0.1) is 27.6 Å². The summed E-state index contributed by atoms with van der Waals surface area (Å²) >= 11 is 2.52. The number of hydrogen-bond acceptors (Lipinski definition) is 7. The van der Waals surface area contributed by atoms with E-state index in [4.69, 9.17) is 9.72 Å². The van der Waals surface area contributed by atoms with Gasteiger partial charge in [-0.25, -0.2) is 14.8 Å². The van der Waals surface area contributed by atoms with Gasteiger partial charge in [0, 0.05) is 5.39 Å². The minimum Gasteiger partial charge on any atom is -0.459 e. The number of ether oxygens (including phenoxy) is 1. The van der Waals surface area contributed by atoms with Crippen LogP contribution in [0.3, 0.4) is 0 Å². The summed E-state index contributed by atoms with van der Waals surface area (Å²) < 4.78 is 5.22. The van der Waals surface area contributed by atoms with E-state index < -0.39 is 5.97 Å². The number of pyridine rings is 1. The molecule has 0 saturated carbocycles. The average molecular weight is 444 g/mol. The summed E-state index contributed by atoms with van der Waals surface area (Å²) in [6.07, 6.45) is -0.213. The predicted molar refractivity (Wildman–Crippen MR) is 123 cm³/mol. The second-order valence-electron chi connectivity index (χ2n) is 7.39. The van der Waals surface area contributed by atoms with E-state index in [0.717, 1.165) is 38.4 Å². The normalized spacial score (nSPS) is 12.2. The Hall–Kier alpha value is -2.45. The van der Waals surface area contributed by atoms with Gasteiger partial charge in [-0.1, -0.05) is 41.3 Å². The first-order chi connectivity index (χ1) is 14.2. The molecule has 0 aliphatic heterocycles. The molecule has 158 valence electrons. The third-order valence-corrected chi connectivity index (χ3v) is 6.52. The van der Waals surface area contributed by atoms with Crippen LogP contribution in [0, 0.1) is 20.8 Å². The first-order valence-corrected chi connectivity index (χ1v) is 11.4. The van der Waals surface area contributed by atoms with Crippen LogP contribution in [0.5, 0.6) is 0 Å². The number of aryl methyl sites for hydroxylation is 3. The molecule has 6 nitrogen and oxygen atoms in total. The summed E-state index contributed by atoms with van der Waals surface area (Å²) in [5.74, 6) is -0.615. The third-order valence-electron chi connectivity index (χ3n) is 4.45. The highest BCUT2D eigenvalue weighted by molar-refractivity contribution is 8.00. The summed E-state index contributed by atoms with van der Waals surface area (Å²) in [6.45, 7) is 11.2. The van der Waals surface area contributed by atoms with Gasteiger partial charge in [-0.3, -0.25) is 4.79 Å². The van der Waals surface area contributed by atoms with Crippen molar-refractivity contribution < 1.29 is 14.3 Å². The van der Waals surface area contributed by atoms with E-state index in [1.54, 1.807) is 20.8 Å². The van der Waals surface area contributed by atoms with Crippen LogP contribution in [-0.2, 0) is 9.53 Å². The number of aromatic nitrogens is 2. The molecule has 0 spiro atoms. The van der Waals surface area contributed by atoms with Gasteiger partial charge in [0.15, 0.2) is 5.13 Å². The van der Waals surface area contributed by atoms with Crippen LogP contribution in [0.2, 0.25) is 0 Å². The maximum absolute atomic E-state index is 12.7. The monoisotopic (exact) mass is 443 g/mol. The number of nitrogens with one attached hydrogen (secondary N) is 1. The molecule has 3 aromatic rings. The van der Waals surface area contributed by atoms with Crippen LogP contribution in [0.4, 0.5) is 5.13 Å². The van der Waals surface area contributed by atoms with Crippen molar-refractivity contribution in [2.45, 2.75) is 57.9 Å². The average Bonchev–Trinajstić information content (AvgIpc) is 3.02. The number of anilines is 1. The number of carbonyl (C=O) groups is 2. The van der Waals surface area contributed by atoms with Gasteiger partial charge in [0.1, 0.15) is 4.88 Å². The van der Waals surface area contributed by atoms with Crippen molar-refractivity contribution in [3.8, 4) is 0 Å². The molecular formula is C22H25N3O3S2. The Kier molecular flexibility index (Phi) is 6.77. The van der Waals surface area contributed by atoms with Gasteiger partial charge in [-0.2, -0.15) is 0 Å². The van der Waals surface area contributed by atoms with Crippen molar-refractivity contribution in [1.82, 2.24) is 9.97 Å². The van der Waals surface area contributed by atoms with Gasteiger partial charge in [0.2, 0.25) is 5.91 Å². The van der Waals surface area contributed by atoms with E-state index in [1.807, 2.05) is 39.0 Å². The highest BCUT2D eigenvalue weighted by atomic mass is 32.2. The van der Waals surface area contributed by atoms with Crippen LogP contribution in [-0.4, -0.2) is 33.2 Å². The second-order valence-corrected chi connectivity index (χ2v) is 9.75. The minimum absolute atomic E-state index is 0.193. The molecule has 0 aliphatic rings. The number of amides is 1. The van der Waals surface area contributed by atoms with E-state index in [9.17, 15) is 9.59 Å². The number of nitrogens with zero attached hydrogens (tertiary/aromatic N) is 2. The van der Waals surface area contributed by atoms with Crippen molar-refractivity contribution in [1.29, 1.82) is 0 Å². The summed E-state index contributed by atoms with van der Waals surface area (Å²) in [5, 5.41) is 4.73. The Bertz CT molecular complexity index is 1110. The molecule has 2 heterocycles. The Balaban J connectivity index is 1.72. The molecule has 1 unspecified atom stereocenters. The maximum Gasteiger partial charge on any atom is 0.350 e. The fourth-order valence-electron chi connectivity index (χ4n) is 2.94. The summed E-state index contributed by atoms with van der Waals surface area (Å²) in [4.78, 5) is 34.3. The van der Waals surface area contributed by atoms with E-state index in [-0.39, 0.29) is 17.3 Å². The lowest BCUT2D eigenvalue weighted by Crippen LogP contribution is -2.22. The van der Waals surface area contributed by atoms with Crippen LogP contribution in [0.15, 0.2) is 29.3 Å². The van der Waals surface area contributed by atoms with Crippen molar-refractivity contribution in [3.63, 3.8) is 0 Å². The third kappa shape index (κ3) is 4.99. The SMILES string of the molecule is Cc1nc(NC(=O)C(C)Sc2cc(C)c3cccc(C)c3n2)sc1C(=O)OC(C)C.